The van der Waals surface area contributed by atoms with E-state index in [4.69, 9.17) is 14.2 Å². The summed E-state index contributed by atoms with van der Waals surface area (Å²) in [5, 5.41) is 0. The number of ether oxygens (including phenoxy) is 3. The molecule has 0 aliphatic carbocycles. The molecule has 0 saturated carbocycles. The lowest BCUT2D eigenvalue weighted by atomic mass is 9.95. The van der Waals surface area contributed by atoms with Crippen LogP contribution < -0.4 is 9.47 Å². The van der Waals surface area contributed by atoms with Gasteiger partial charge in [0.25, 0.3) is 0 Å². The second-order valence-electron chi connectivity index (χ2n) is 8.90. The molecule has 1 atom stereocenters. The fourth-order valence-electron chi connectivity index (χ4n) is 4.45. The molecule has 2 heterocycles. The number of halogens is 1. The first-order valence-electron chi connectivity index (χ1n) is 11.9. The number of aromatic nitrogens is 2. The summed E-state index contributed by atoms with van der Waals surface area (Å²) < 4.78 is 33.8. The average molecular weight is 468 g/mol. The van der Waals surface area contributed by atoms with Gasteiger partial charge in [0.1, 0.15) is 30.4 Å². The second kappa shape index (κ2) is 11.5. The molecule has 1 saturated heterocycles. The molecule has 4 rings (SSSR count). The standard InChI is InChI=1S/C27H34FN3O3/c1-22-29-13-16-31(22)17-18-33-24-8-5-7-23(19-24)20-30-14-6-11-27(32-2,12-15-30)21-34-26-10-4-3-9-25(26)28/h3-5,7-10,13,16,19H,6,11-12,14-15,17-18,20-21H2,1-2H3. The molecule has 1 aromatic heterocycles. The van der Waals surface area contributed by atoms with Crippen molar-refractivity contribution in [3.63, 3.8) is 0 Å². The Labute approximate surface area is 201 Å². The van der Waals surface area contributed by atoms with Crippen molar-refractivity contribution in [1.29, 1.82) is 0 Å². The van der Waals surface area contributed by atoms with Crippen LogP contribution in [0.25, 0.3) is 0 Å². The highest BCUT2D eigenvalue weighted by Gasteiger charge is 2.34. The number of aryl methyl sites for hydroxylation is 1. The van der Waals surface area contributed by atoms with Gasteiger partial charge in [-0.05, 0) is 62.6 Å². The number of benzene rings is 2. The highest BCUT2D eigenvalue weighted by Crippen LogP contribution is 2.29. The van der Waals surface area contributed by atoms with Gasteiger partial charge in [0.2, 0.25) is 0 Å². The van der Waals surface area contributed by atoms with Crippen molar-refractivity contribution in [2.75, 3.05) is 33.4 Å². The summed E-state index contributed by atoms with van der Waals surface area (Å²) in [7, 11) is 1.73. The van der Waals surface area contributed by atoms with Gasteiger partial charge < -0.3 is 18.8 Å². The van der Waals surface area contributed by atoms with Gasteiger partial charge in [-0.3, -0.25) is 4.90 Å². The zero-order chi connectivity index (χ0) is 23.8. The number of imidazole rings is 1. The number of hydrogen-bond acceptors (Lipinski definition) is 5. The van der Waals surface area contributed by atoms with Crippen LogP contribution in [-0.2, 0) is 17.8 Å². The molecule has 1 unspecified atom stereocenters. The molecule has 1 aliphatic heterocycles. The number of likely N-dealkylation sites (tertiary alicyclic amines) is 1. The van der Waals surface area contributed by atoms with Crippen LogP contribution in [0.15, 0.2) is 60.9 Å². The van der Waals surface area contributed by atoms with Gasteiger partial charge in [-0.1, -0.05) is 24.3 Å². The lowest BCUT2D eigenvalue weighted by molar-refractivity contribution is -0.0548. The topological polar surface area (TPSA) is 48.8 Å². The molecule has 1 fully saturated rings. The number of hydrogen-bond donors (Lipinski definition) is 0. The van der Waals surface area contributed by atoms with Gasteiger partial charge >= 0.3 is 0 Å². The monoisotopic (exact) mass is 467 g/mol. The molecule has 2 aromatic carbocycles. The summed E-state index contributed by atoms with van der Waals surface area (Å²) in [4.78, 5) is 6.69. The van der Waals surface area contributed by atoms with E-state index >= 15 is 0 Å². The maximum Gasteiger partial charge on any atom is 0.165 e. The van der Waals surface area contributed by atoms with Crippen LogP contribution in [0, 0.1) is 12.7 Å². The van der Waals surface area contributed by atoms with Crippen LogP contribution in [0.4, 0.5) is 4.39 Å². The first-order chi connectivity index (χ1) is 16.6. The Bertz CT molecular complexity index is 1060. The fraction of sp³-hybridized carbons (Fsp3) is 0.444. The van der Waals surface area contributed by atoms with E-state index < -0.39 is 5.60 Å². The van der Waals surface area contributed by atoms with E-state index in [0.717, 1.165) is 57.0 Å². The number of para-hydroxylation sites is 1. The van der Waals surface area contributed by atoms with Crippen molar-refractivity contribution < 1.29 is 18.6 Å². The lowest BCUT2D eigenvalue weighted by Crippen LogP contribution is -2.39. The summed E-state index contributed by atoms with van der Waals surface area (Å²) in [6.07, 6.45) is 6.48. The van der Waals surface area contributed by atoms with Crippen LogP contribution in [-0.4, -0.2) is 53.5 Å². The largest absolute Gasteiger partial charge is 0.492 e. The third-order valence-corrected chi connectivity index (χ3v) is 6.58. The van der Waals surface area contributed by atoms with Crippen molar-refractivity contribution in [3.05, 3.63) is 78.1 Å². The molecule has 182 valence electrons. The summed E-state index contributed by atoms with van der Waals surface area (Å²) >= 11 is 0. The van der Waals surface area contributed by atoms with Gasteiger partial charge in [-0.15, -0.1) is 0 Å². The summed E-state index contributed by atoms with van der Waals surface area (Å²) in [5.41, 5.74) is 0.816. The predicted octanol–water partition coefficient (Wildman–Crippen LogP) is 4.86. The van der Waals surface area contributed by atoms with Crippen molar-refractivity contribution in [2.45, 2.75) is 44.9 Å². The molecule has 3 aromatic rings. The quantitative estimate of drug-likeness (QED) is 0.426. The fourth-order valence-corrected chi connectivity index (χ4v) is 4.45. The minimum Gasteiger partial charge on any atom is -0.492 e. The zero-order valence-electron chi connectivity index (χ0n) is 20.1. The van der Waals surface area contributed by atoms with Gasteiger partial charge in [0.05, 0.1) is 6.54 Å². The van der Waals surface area contributed by atoms with Crippen molar-refractivity contribution in [2.24, 2.45) is 0 Å². The minimum absolute atomic E-state index is 0.278. The molecule has 0 bridgehead atoms. The summed E-state index contributed by atoms with van der Waals surface area (Å²) in [5.74, 6) is 1.81. The Hall–Kier alpha value is -2.90. The Morgan fingerprint density at radius 1 is 1.06 bits per heavy atom. The zero-order valence-corrected chi connectivity index (χ0v) is 20.1. The smallest absolute Gasteiger partial charge is 0.165 e. The highest BCUT2D eigenvalue weighted by molar-refractivity contribution is 5.28. The SMILES string of the molecule is COC1(COc2ccccc2F)CCCN(Cc2cccc(OCCn3ccnc3C)c2)CC1. The van der Waals surface area contributed by atoms with Crippen molar-refractivity contribution in [1.82, 2.24) is 14.5 Å². The minimum atomic E-state index is -0.409. The molecule has 34 heavy (non-hydrogen) atoms. The number of methoxy groups -OCH3 is 1. The summed E-state index contributed by atoms with van der Waals surface area (Å²) in [6, 6.07) is 14.8. The lowest BCUT2D eigenvalue weighted by Gasteiger charge is -2.31. The maximum absolute atomic E-state index is 14.0. The Balaban J connectivity index is 1.29. The van der Waals surface area contributed by atoms with Gasteiger partial charge in [-0.25, -0.2) is 9.37 Å². The molecule has 6 nitrogen and oxygen atoms in total. The molecule has 0 amide bonds. The average Bonchev–Trinajstić information content (AvgIpc) is 3.14. The van der Waals surface area contributed by atoms with E-state index in [9.17, 15) is 4.39 Å². The Morgan fingerprint density at radius 3 is 2.74 bits per heavy atom. The van der Waals surface area contributed by atoms with E-state index in [1.165, 1.54) is 11.6 Å². The van der Waals surface area contributed by atoms with Crippen LogP contribution in [0.1, 0.15) is 30.7 Å². The predicted molar refractivity (Wildman–Crippen MR) is 130 cm³/mol. The molecular weight excluding hydrogens is 433 g/mol. The van der Waals surface area contributed by atoms with Crippen LogP contribution in [0.3, 0.4) is 0 Å². The molecule has 7 heteroatoms. The third-order valence-electron chi connectivity index (χ3n) is 6.58. The van der Waals surface area contributed by atoms with E-state index in [1.807, 2.05) is 31.5 Å². The molecular formula is C27H34FN3O3. The number of nitrogens with zero attached hydrogens (tertiary/aromatic N) is 3. The normalized spacial score (nSPS) is 19.0. The Morgan fingerprint density at radius 2 is 1.94 bits per heavy atom. The first-order valence-corrected chi connectivity index (χ1v) is 11.9. The van der Waals surface area contributed by atoms with E-state index in [1.54, 1.807) is 25.3 Å². The third kappa shape index (κ3) is 6.36. The van der Waals surface area contributed by atoms with E-state index in [-0.39, 0.29) is 11.6 Å². The number of rotatable bonds is 10. The molecule has 0 spiro atoms. The van der Waals surface area contributed by atoms with Gasteiger partial charge in [0, 0.05) is 32.6 Å². The maximum atomic E-state index is 14.0. The highest BCUT2D eigenvalue weighted by atomic mass is 19.1. The van der Waals surface area contributed by atoms with E-state index in [2.05, 4.69) is 26.6 Å². The second-order valence-corrected chi connectivity index (χ2v) is 8.90. The molecule has 0 radical (unpaired) electrons. The van der Waals surface area contributed by atoms with E-state index in [0.29, 0.717) is 13.2 Å². The van der Waals surface area contributed by atoms with Gasteiger partial charge in [0.15, 0.2) is 11.6 Å². The van der Waals surface area contributed by atoms with Crippen LogP contribution >= 0.6 is 0 Å². The summed E-state index contributed by atoms with van der Waals surface area (Å²) in [6.45, 7) is 6.43. The van der Waals surface area contributed by atoms with Crippen LogP contribution in [0.5, 0.6) is 11.5 Å². The first kappa shape index (κ1) is 24.2. The Kier molecular flexibility index (Phi) is 8.19. The van der Waals surface area contributed by atoms with Crippen LogP contribution in [0.2, 0.25) is 0 Å². The van der Waals surface area contributed by atoms with Crippen molar-refractivity contribution >= 4 is 0 Å². The van der Waals surface area contributed by atoms with Gasteiger partial charge in [-0.2, -0.15) is 0 Å². The van der Waals surface area contributed by atoms with Crippen molar-refractivity contribution in [3.8, 4) is 11.5 Å². The molecule has 1 aliphatic rings. The molecule has 0 N–H and O–H groups in total.